The normalized spacial score (nSPS) is 33.2. The van der Waals surface area contributed by atoms with E-state index >= 15 is 0 Å². The third kappa shape index (κ3) is 3.16. The number of methoxy groups -OCH3 is 1. The Hall–Kier alpha value is -0.120. The third-order valence-corrected chi connectivity index (χ3v) is 3.51. The van der Waals surface area contributed by atoms with Crippen LogP contribution in [0.2, 0.25) is 0 Å². The van der Waals surface area contributed by atoms with Gasteiger partial charge in [0.15, 0.2) is 0 Å². The summed E-state index contributed by atoms with van der Waals surface area (Å²) in [4.78, 5) is 2.58. The summed E-state index contributed by atoms with van der Waals surface area (Å²) in [6.07, 6.45) is 2.25. The molecular formula is C12H25NO2. The Morgan fingerprint density at radius 3 is 2.87 bits per heavy atom. The Bertz CT molecular complexity index is 186. The van der Waals surface area contributed by atoms with Gasteiger partial charge in [-0.2, -0.15) is 0 Å². The van der Waals surface area contributed by atoms with Crippen LogP contribution in [0.25, 0.3) is 0 Å². The molecule has 90 valence electrons. The zero-order valence-corrected chi connectivity index (χ0v) is 10.6. The highest BCUT2D eigenvalue weighted by Gasteiger charge is 2.36. The van der Waals surface area contributed by atoms with Gasteiger partial charge >= 0.3 is 0 Å². The summed E-state index contributed by atoms with van der Waals surface area (Å²) in [5, 5.41) is 0. The van der Waals surface area contributed by atoms with Crippen LogP contribution in [0.3, 0.4) is 0 Å². The molecule has 0 N–H and O–H groups in total. The van der Waals surface area contributed by atoms with E-state index in [0.717, 1.165) is 39.2 Å². The van der Waals surface area contributed by atoms with Crippen molar-refractivity contribution in [2.75, 3.05) is 33.5 Å². The highest BCUT2D eigenvalue weighted by Crippen LogP contribution is 2.26. The molecule has 3 heteroatoms. The Balaban J connectivity index is 2.53. The monoisotopic (exact) mass is 215 g/mol. The van der Waals surface area contributed by atoms with Crippen molar-refractivity contribution in [1.29, 1.82) is 0 Å². The van der Waals surface area contributed by atoms with Gasteiger partial charge in [-0.05, 0) is 26.7 Å². The lowest BCUT2D eigenvalue weighted by Gasteiger charge is -2.48. The minimum atomic E-state index is 0.214. The highest BCUT2D eigenvalue weighted by molar-refractivity contribution is 4.91. The molecule has 15 heavy (non-hydrogen) atoms. The molecule has 0 aromatic carbocycles. The standard InChI is InChI=1S/C12H25NO2/c1-5-12(3)10-15-9-11(2)13(12)7-6-8-14-4/h11H,5-10H2,1-4H3. The van der Waals surface area contributed by atoms with Crippen LogP contribution in [0.4, 0.5) is 0 Å². The van der Waals surface area contributed by atoms with E-state index in [2.05, 4.69) is 25.7 Å². The molecule has 2 unspecified atom stereocenters. The predicted molar refractivity (Wildman–Crippen MR) is 62.2 cm³/mol. The second kappa shape index (κ2) is 5.83. The van der Waals surface area contributed by atoms with Crippen molar-refractivity contribution in [3.63, 3.8) is 0 Å². The van der Waals surface area contributed by atoms with Gasteiger partial charge in [0, 0.05) is 31.8 Å². The fourth-order valence-corrected chi connectivity index (χ4v) is 2.33. The van der Waals surface area contributed by atoms with Crippen LogP contribution < -0.4 is 0 Å². The molecule has 2 atom stereocenters. The lowest BCUT2D eigenvalue weighted by atomic mass is 9.93. The summed E-state index contributed by atoms with van der Waals surface area (Å²) in [7, 11) is 1.77. The lowest BCUT2D eigenvalue weighted by Crippen LogP contribution is -2.59. The second-order valence-electron chi connectivity index (χ2n) is 4.75. The first-order valence-corrected chi connectivity index (χ1v) is 5.97. The summed E-state index contributed by atoms with van der Waals surface area (Å²) < 4.78 is 10.8. The van der Waals surface area contributed by atoms with E-state index in [-0.39, 0.29) is 5.54 Å². The van der Waals surface area contributed by atoms with Crippen molar-refractivity contribution in [2.24, 2.45) is 0 Å². The first kappa shape index (κ1) is 12.9. The van der Waals surface area contributed by atoms with E-state index in [1.807, 2.05) is 0 Å². The molecule has 3 nitrogen and oxygen atoms in total. The van der Waals surface area contributed by atoms with Crippen LogP contribution in [0, 0.1) is 0 Å². The molecule has 0 saturated carbocycles. The van der Waals surface area contributed by atoms with E-state index in [1.54, 1.807) is 7.11 Å². The molecule has 1 aliphatic rings. The van der Waals surface area contributed by atoms with Crippen molar-refractivity contribution in [1.82, 2.24) is 4.90 Å². The van der Waals surface area contributed by atoms with Gasteiger partial charge in [-0.15, -0.1) is 0 Å². The molecule has 1 saturated heterocycles. The Morgan fingerprint density at radius 1 is 1.53 bits per heavy atom. The van der Waals surface area contributed by atoms with Crippen molar-refractivity contribution >= 4 is 0 Å². The Labute approximate surface area is 93.7 Å². The van der Waals surface area contributed by atoms with Gasteiger partial charge in [0.1, 0.15) is 0 Å². The van der Waals surface area contributed by atoms with Crippen LogP contribution >= 0.6 is 0 Å². The van der Waals surface area contributed by atoms with E-state index in [0.29, 0.717) is 6.04 Å². The van der Waals surface area contributed by atoms with Crippen LogP contribution in [0.15, 0.2) is 0 Å². The van der Waals surface area contributed by atoms with Crippen LogP contribution in [-0.2, 0) is 9.47 Å². The zero-order chi connectivity index (χ0) is 11.3. The summed E-state index contributed by atoms with van der Waals surface area (Å²) in [6, 6.07) is 0.528. The number of hydrogen-bond acceptors (Lipinski definition) is 3. The molecule has 0 bridgehead atoms. The first-order chi connectivity index (χ1) is 7.14. The minimum Gasteiger partial charge on any atom is -0.385 e. The van der Waals surface area contributed by atoms with Gasteiger partial charge in [-0.3, -0.25) is 4.90 Å². The number of ether oxygens (including phenoxy) is 2. The molecule has 0 amide bonds. The largest absolute Gasteiger partial charge is 0.385 e. The van der Waals surface area contributed by atoms with Gasteiger partial charge in [0.25, 0.3) is 0 Å². The van der Waals surface area contributed by atoms with Gasteiger partial charge in [-0.1, -0.05) is 6.92 Å². The van der Waals surface area contributed by atoms with Gasteiger partial charge in [0.2, 0.25) is 0 Å². The molecule has 1 fully saturated rings. The molecule has 0 spiro atoms. The summed E-state index contributed by atoms with van der Waals surface area (Å²) in [5.74, 6) is 0. The Kier molecular flexibility index (Phi) is 5.03. The predicted octanol–water partition coefficient (Wildman–Crippen LogP) is 1.91. The highest BCUT2D eigenvalue weighted by atomic mass is 16.5. The third-order valence-electron chi connectivity index (χ3n) is 3.51. The SMILES string of the molecule is CCC1(C)COCC(C)N1CCCOC. The molecular weight excluding hydrogens is 190 g/mol. The van der Waals surface area contributed by atoms with Crippen molar-refractivity contribution in [2.45, 2.75) is 45.2 Å². The molecule has 1 rings (SSSR count). The maximum atomic E-state index is 5.65. The summed E-state index contributed by atoms with van der Waals surface area (Å²) in [5.41, 5.74) is 0.214. The van der Waals surface area contributed by atoms with Crippen LogP contribution in [0.1, 0.15) is 33.6 Å². The number of rotatable bonds is 5. The van der Waals surface area contributed by atoms with Gasteiger partial charge in [-0.25, -0.2) is 0 Å². The average molecular weight is 215 g/mol. The maximum Gasteiger partial charge on any atom is 0.0648 e. The first-order valence-electron chi connectivity index (χ1n) is 5.97. The average Bonchev–Trinajstić information content (AvgIpc) is 2.23. The molecule has 1 aliphatic heterocycles. The molecule has 0 aliphatic carbocycles. The molecule has 0 radical (unpaired) electrons. The fraction of sp³-hybridized carbons (Fsp3) is 1.00. The smallest absolute Gasteiger partial charge is 0.0648 e. The number of morpholine rings is 1. The van der Waals surface area contributed by atoms with E-state index in [9.17, 15) is 0 Å². The minimum absolute atomic E-state index is 0.214. The number of nitrogens with zero attached hydrogens (tertiary/aromatic N) is 1. The Morgan fingerprint density at radius 2 is 2.27 bits per heavy atom. The second-order valence-corrected chi connectivity index (χ2v) is 4.75. The maximum absolute atomic E-state index is 5.65. The molecule has 1 heterocycles. The quantitative estimate of drug-likeness (QED) is 0.654. The zero-order valence-electron chi connectivity index (χ0n) is 10.6. The summed E-state index contributed by atoms with van der Waals surface area (Å²) in [6.45, 7) is 10.5. The van der Waals surface area contributed by atoms with E-state index in [4.69, 9.17) is 9.47 Å². The van der Waals surface area contributed by atoms with Crippen LogP contribution in [0.5, 0.6) is 0 Å². The van der Waals surface area contributed by atoms with Gasteiger partial charge < -0.3 is 9.47 Å². The van der Waals surface area contributed by atoms with E-state index in [1.165, 1.54) is 0 Å². The van der Waals surface area contributed by atoms with Crippen molar-refractivity contribution < 1.29 is 9.47 Å². The molecule has 0 aromatic heterocycles. The molecule has 0 aromatic rings. The fourth-order valence-electron chi connectivity index (χ4n) is 2.33. The van der Waals surface area contributed by atoms with Crippen molar-refractivity contribution in [3.05, 3.63) is 0 Å². The summed E-state index contributed by atoms with van der Waals surface area (Å²) >= 11 is 0. The van der Waals surface area contributed by atoms with Crippen molar-refractivity contribution in [3.8, 4) is 0 Å². The van der Waals surface area contributed by atoms with E-state index < -0.39 is 0 Å². The number of hydrogen-bond donors (Lipinski definition) is 0. The topological polar surface area (TPSA) is 21.7 Å². The van der Waals surface area contributed by atoms with Gasteiger partial charge in [0.05, 0.1) is 13.2 Å². The van der Waals surface area contributed by atoms with Crippen LogP contribution in [-0.4, -0.2) is 50.0 Å². The lowest BCUT2D eigenvalue weighted by molar-refractivity contribution is -0.0952.